The van der Waals surface area contributed by atoms with E-state index in [1.165, 1.54) is 11.3 Å². The number of hydrogen-bond donors (Lipinski definition) is 2. The number of amides is 1. The van der Waals surface area contributed by atoms with Gasteiger partial charge in [-0.2, -0.15) is 0 Å². The number of carbonyl (C=O) groups excluding carboxylic acids is 1. The van der Waals surface area contributed by atoms with Crippen LogP contribution in [-0.4, -0.2) is 60.6 Å². The zero-order valence-electron chi connectivity index (χ0n) is 13.2. The number of fused-ring (bicyclic) bond motifs is 1. The molecule has 0 bridgehead atoms. The smallest absolute Gasteiger partial charge is 0.320 e. The van der Waals surface area contributed by atoms with Crippen LogP contribution >= 0.6 is 0 Å². The van der Waals surface area contributed by atoms with Gasteiger partial charge in [0.25, 0.3) is 0 Å². The number of likely N-dealkylation sites (tertiary alicyclic amines) is 1. The fourth-order valence-corrected chi connectivity index (χ4v) is 3.50. The van der Waals surface area contributed by atoms with Gasteiger partial charge in [-0.05, 0) is 37.4 Å². The summed E-state index contributed by atoms with van der Waals surface area (Å²) in [5.74, 6) is -0.922. The van der Waals surface area contributed by atoms with Crippen molar-refractivity contribution >= 4 is 17.6 Å². The molecule has 0 saturated carbocycles. The second kappa shape index (κ2) is 7.00. The van der Waals surface area contributed by atoms with Gasteiger partial charge >= 0.3 is 5.97 Å². The van der Waals surface area contributed by atoms with Crippen molar-refractivity contribution in [2.45, 2.75) is 25.3 Å². The highest BCUT2D eigenvalue weighted by Crippen LogP contribution is 2.26. The van der Waals surface area contributed by atoms with Crippen molar-refractivity contribution in [2.75, 3.05) is 37.6 Å². The molecule has 0 aliphatic carbocycles. The van der Waals surface area contributed by atoms with Crippen molar-refractivity contribution in [3.8, 4) is 0 Å². The van der Waals surface area contributed by atoms with Gasteiger partial charge in [0.2, 0.25) is 5.91 Å². The number of rotatable bonds is 6. The maximum Gasteiger partial charge on any atom is 0.320 e. The SMILES string of the molecule is O=C(CN1CCC[C@H]1C(=O)O)NCCN1CCc2ccccc21. The summed E-state index contributed by atoms with van der Waals surface area (Å²) in [4.78, 5) is 27.2. The monoisotopic (exact) mass is 317 g/mol. The Kier molecular flexibility index (Phi) is 4.81. The Morgan fingerprint density at radius 2 is 2.09 bits per heavy atom. The molecule has 1 amide bonds. The molecule has 0 radical (unpaired) electrons. The van der Waals surface area contributed by atoms with Gasteiger partial charge in [-0.25, -0.2) is 0 Å². The van der Waals surface area contributed by atoms with Crippen LogP contribution in [0, 0.1) is 0 Å². The fourth-order valence-electron chi connectivity index (χ4n) is 3.50. The van der Waals surface area contributed by atoms with Crippen molar-refractivity contribution in [3.05, 3.63) is 29.8 Å². The summed E-state index contributed by atoms with van der Waals surface area (Å²) in [6, 6.07) is 7.85. The lowest BCUT2D eigenvalue weighted by Crippen LogP contribution is -2.44. The third-order valence-electron chi connectivity index (χ3n) is 4.68. The van der Waals surface area contributed by atoms with E-state index in [0.29, 0.717) is 19.5 Å². The lowest BCUT2D eigenvalue weighted by atomic mass is 10.2. The number of aliphatic carboxylic acids is 1. The van der Waals surface area contributed by atoms with Gasteiger partial charge in [0.15, 0.2) is 0 Å². The summed E-state index contributed by atoms with van der Waals surface area (Å²) in [7, 11) is 0. The number of anilines is 1. The second-order valence-electron chi connectivity index (χ2n) is 6.18. The predicted molar refractivity (Wildman–Crippen MR) is 87.6 cm³/mol. The van der Waals surface area contributed by atoms with Crippen LogP contribution in [0.25, 0.3) is 0 Å². The van der Waals surface area contributed by atoms with E-state index < -0.39 is 12.0 Å². The highest BCUT2D eigenvalue weighted by atomic mass is 16.4. The molecule has 1 fully saturated rings. The maximum absolute atomic E-state index is 12.0. The van der Waals surface area contributed by atoms with E-state index in [-0.39, 0.29) is 12.5 Å². The van der Waals surface area contributed by atoms with Crippen molar-refractivity contribution in [1.82, 2.24) is 10.2 Å². The number of nitrogens with zero attached hydrogens (tertiary/aromatic N) is 2. The first-order valence-electron chi connectivity index (χ1n) is 8.21. The molecule has 1 aromatic rings. The summed E-state index contributed by atoms with van der Waals surface area (Å²) in [5, 5.41) is 12.0. The van der Waals surface area contributed by atoms with E-state index in [4.69, 9.17) is 5.11 Å². The van der Waals surface area contributed by atoms with Crippen LogP contribution in [0.5, 0.6) is 0 Å². The van der Waals surface area contributed by atoms with Crippen molar-refractivity contribution in [2.24, 2.45) is 0 Å². The van der Waals surface area contributed by atoms with E-state index >= 15 is 0 Å². The molecule has 0 aromatic heterocycles. The normalized spacial score (nSPS) is 20.5. The number of carboxylic acids is 1. The van der Waals surface area contributed by atoms with Crippen molar-refractivity contribution < 1.29 is 14.7 Å². The molecule has 1 atom stereocenters. The highest BCUT2D eigenvalue weighted by molar-refractivity contribution is 5.80. The molecule has 2 heterocycles. The van der Waals surface area contributed by atoms with Crippen molar-refractivity contribution in [1.29, 1.82) is 0 Å². The summed E-state index contributed by atoms with van der Waals surface area (Å²) < 4.78 is 0. The molecule has 1 saturated heterocycles. The number of benzene rings is 1. The van der Waals surface area contributed by atoms with E-state index in [9.17, 15) is 9.59 Å². The molecule has 2 aliphatic heterocycles. The molecule has 23 heavy (non-hydrogen) atoms. The van der Waals surface area contributed by atoms with E-state index in [1.54, 1.807) is 4.90 Å². The first kappa shape index (κ1) is 15.8. The Balaban J connectivity index is 1.43. The first-order valence-corrected chi connectivity index (χ1v) is 8.21. The average molecular weight is 317 g/mol. The van der Waals surface area contributed by atoms with Crippen LogP contribution in [0.2, 0.25) is 0 Å². The van der Waals surface area contributed by atoms with Gasteiger partial charge in [-0.3, -0.25) is 14.5 Å². The molecule has 0 unspecified atom stereocenters. The number of nitrogens with one attached hydrogen (secondary N) is 1. The summed E-state index contributed by atoms with van der Waals surface area (Å²) >= 11 is 0. The number of para-hydroxylation sites is 1. The van der Waals surface area contributed by atoms with Crippen LogP contribution in [0.1, 0.15) is 18.4 Å². The maximum atomic E-state index is 12.0. The van der Waals surface area contributed by atoms with E-state index in [2.05, 4.69) is 28.4 Å². The molecular weight excluding hydrogens is 294 g/mol. The van der Waals surface area contributed by atoms with Gasteiger partial charge in [0.1, 0.15) is 6.04 Å². The molecule has 3 rings (SSSR count). The summed E-state index contributed by atoms with van der Waals surface area (Å²) in [6.07, 6.45) is 2.53. The molecule has 1 aromatic carbocycles. The van der Waals surface area contributed by atoms with Gasteiger partial charge in [0, 0.05) is 25.3 Å². The molecule has 124 valence electrons. The second-order valence-corrected chi connectivity index (χ2v) is 6.18. The fraction of sp³-hybridized carbons (Fsp3) is 0.529. The van der Waals surface area contributed by atoms with E-state index in [1.807, 2.05) is 6.07 Å². The Morgan fingerprint density at radius 3 is 2.91 bits per heavy atom. The minimum absolute atomic E-state index is 0.0920. The zero-order valence-corrected chi connectivity index (χ0v) is 13.2. The molecule has 6 heteroatoms. The molecular formula is C17H23N3O3. The zero-order chi connectivity index (χ0) is 16.2. The van der Waals surface area contributed by atoms with Gasteiger partial charge < -0.3 is 15.3 Å². The quantitative estimate of drug-likeness (QED) is 0.809. The largest absolute Gasteiger partial charge is 0.480 e. The third kappa shape index (κ3) is 3.64. The predicted octanol–water partition coefficient (Wildman–Crippen LogP) is 0.714. The first-order chi connectivity index (χ1) is 11.1. The molecule has 2 N–H and O–H groups in total. The third-order valence-corrected chi connectivity index (χ3v) is 4.68. The van der Waals surface area contributed by atoms with Crippen LogP contribution in [0.3, 0.4) is 0 Å². The Bertz CT molecular complexity index is 590. The minimum Gasteiger partial charge on any atom is -0.480 e. The molecule has 6 nitrogen and oxygen atoms in total. The topological polar surface area (TPSA) is 72.9 Å². The van der Waals surface area contributed by atoms with E-state index in [0.717, 1.165) is 25.9 Å². The summed E-state index contributed by atoms with van der Waals surface area (Å²) in [6.45, 7) is 3.21. The molecule has 0 spiro atoms. The number of hydrogen-bond acceptors (Lipinski definition) is 4. The van der Waals surface area contributed by atoms with Crippen LogP contribution in [-0.2, 0) is 16.0 Å². The summed E-state index contributed by atoms with van der Waals surface area (Å²) in [5.41, 5.74) is 2.62. The number of carboxylic acid groups (broad SMARTS) is 1. The van der Waals surface area contributed by atoms with Gasteiger partial charge in [-0.1, -0.05) is 18.2 Å². The Morgan fingerprint density at radius 1 is 1.26 bits per heavy atom. The van der Waals surface area contributed by atoms with Gasteiger partial charge in [-0.15, -0.1) is 0 Å². The number of carbonyl (C=O) groups is 2. The molecule has 2 aliphatic rings. The van der Waals surface area contributed by atoms with Gasteiger partial charge in [0.05, 0.1) is 6.54 Å². The lowest BCUT2D eigenvalue weighted by Gasteiger charge is -2.22. The van der Waals surface area contributed by atoms with Crippen molar-refractivity contribution in [3.63, 3.8) is 0 Å². The van der Waals surface area contributed by atoms with Crippen LogP contribution < -0.4 is 10.2 Å². The lowest BCUT2D eigenvalue weighted by molar-refractivity contribution is -0.142. The standard InChI is InChI=1S/C17H23N3O3/c21-16(12-20-9-3-6-15(20)17(22)23)18-8-11-19-10-7-13-4-1-2-5-14(13)19/h1-2,4-5,15H,3,6-12H2,(H,18,21)(H,22,23)/t15-/m0/s1. The van der Waals surface area contributed by atoms with Crippen LogP contribution in [0.4, 0.5) is 5.69 Å². The van der Waals surface area contributed by atoms with Crippen LogP contribution in [0.15, 0.2) is 24.3 Å². The Labute approximate surface area is 136 Å². The Hall–Kier alpha value is -2.08. The highest BCUT2D eigenvalue weighted by Gasteiger charge is 2.31. The minimum atomic E-state index is -0.830. The average Bonchev–Trinajstić information content (AvgIpc) is 3.14.